The molecule has 8 heteroatoms. The number of nitrogens with zero attached hydrogens (tertiary/aromatic N) is 2. The minimum absolute atomic E-state index is 0.265. The minimum atomic E-state index is -0.386. The second-order valence-electron chi connectivity index (χ2n) is 9.28. The molecule has 0 saturated carbocycles. The molecule has 0 radical (unpaired) electrons. The first-order valence-corrected chi connectivity index (χ1v) is 11.6. The molecule has 2 aromatic heterocycles. The molecule has 4 rings (SSSR count). The van der Waals surface area contributed by atoms with Gasteiger partial charge >= 0.3 is 0 Å². The van der Waals surface area contributed by atoms with Gasteiger partial charge in [-0.3, -0.25) is 20.4 Å². The van der Waals surface area contributed by atoms with Gasteiger partial charge in [-0.05, 0) is 54.4 Å². The van der Waals surface area contributed by atoms with Crippen LogP contribution < -0.4 is 15.8 Å². The number of amides is 2. The van der Waals surface area contributed by atoms with Crippen molar-refractivity contribution in [1.29, 1.82) is 0 Å². The molecule has 1 atom stereocenters. The Bertz CT molecular complexity index is 943. The van der Waals surface area contributed by atoms with Crippen LogP contribution in [0.3, 0.4) is 0 Å². The number of hydrazine groups is 1. The smallest absolute Gasteiger partial charge is 0.279 e. The molecule has 1 saturated heterocycles. The first-order chi connectivity index (χ1) is 14.8. The van der Waals surface area contributed by atoms with E-state index < -0.39 is 0 Å². The van der Waals surface area contributed by atoms with Crippen molar-refractivity contribution < 1.29 is 14.3 Å². The number of fused-ring (bicyclic) bond motifs is 1. The van der Waals surface area contributed by atoms with Gasteiger partial charge in [0.1, 0.15) is 5.82 Å². The zero-order valence-corrected chi connectivity index (χ0v) is 19.2. The number of aryl methyl sites for hydroxylation is 1. The van der Waals surface area contributed by atoms with Crippen LogP contribution in [0, 0.1) is 11.3 Å². The van der Waals surface area contributed by atoms with E-state index >= 15 is 0 Å². The zero-order chi connectivity index (χ0) is 22.0. The maximum Gasteiger partial charge on any atom is 0.279 e. The fourth-order valence-electron chi connectivity index (χ4n) is 4.12. The highest BCUT2D eigenvalue weighted by atomic mass is 32.1. The average Bonchev–Trinajstić information content (AvgIpc) is 3.21. The van der Waals surface area contributed by atoms with Crippen LogP contribution in [0.1, 0.15) is 57.7 Å². The summed E-state index contributed by atoms with van der Waals surface area (Å²) in [7, 11) is 0. The summed E-state index contributed by atoms with van der Waals surface area (Å²) in [5, 5.41) is 0. The largest absolute Gasteiger partial charge is 0.378 e. The molecule has 0 bridgehead atoms. The third-order valence-corrected chi connectivity index (χ3v) is 7.40. The number of morpholine rings is 1. The topological polar surface area (TPSA) is 83.6 Å². The Morgan fingerprint density at radius 2 is 1.90 bits per heavy atom. The highest BCUT2D eigenvalue weighted by Crippen LogP contribution is 2.40. The van der Waals surface area contributed by atoms with E-state index in [0.29, 0.717) is 29.6 Å². The SMILES string of the molecule is CC(C)(C)C1CCc2sc(C(=O)NNC(=O)c3ccc(N4CCOCC4)nc3)cc2C1. The van der Waals surface area contributed by atoms with E-state index in [-0.39, 0.29) is 17.2 Å². The fourth-order valence-corrected chi connectivity index (χ4v) is 5.23. The molecule has 166 valence electrons. The number of carbonyl (C=O) groups excluding carboxylic acids is 2. The van der Waals surface area contributed by atoms with Crippen molar-refractivity contribution in [3.8, 4) is 0 Å². The monoisotopic (exact) mass is 442 g/mol. The summed E-state index contributed by atoms with van der Waals surface area (Å²) in [6.45, 7) is 9.77. The van der Waals surface area contributed by atoms with Crippen molar-refractivity contribution in [1.82, 2.24) is 15.8 Å². The highest BCUT2D eigenvalue weighted by Gasteiger charge is 2.30. The quantitative estimate of drug-likeness (QED) is 0.714. The maximum absolute atomic E-state index is 12.6. The normalized spacial score (nSPS) is 18.9. The van der Waals surface area contributed by atoms with Crippen molar-refractivity contribution in [2.24, 2.45) is 11.3 Å². The number of pyridine rings is 1. The Hall–Kier alpha value is -2.45. The van der Waals surface area contributed by atoms with Crippen molar-refractivity contribution in [2.45, 2.75) is 40.0 Å². The van der Waals surface area contributed by atoms with Crippen LogP contribution >= 0.6 is 11.3 Å². The molecule has 2 N–H and O–H groups in total. The van der Waals surface area contributed by atoms with E-state index in [0.717, 1.165) is 38.2 Å². The van der Waals surface area contributed by atoms with Crippen LogP contribution in [0.2, 0.25) is 0 Å². The summed E-state index contributed by atoms with van der Waals surface area (Å²) < 4.78 is 5.35. The van der Waals surface area contributed by atoms with Gasteiger partial charge in [0.25, 0.3) is 11.8 Å². The molecular weight excluding hydrogens is 412 g/mol. The molecule has 1 aliphatic carbocycles. The number of hydrogen-bond donors (Lipinski definition) is 2. The number of hydrogen-bond acceptors (Lipinski definition) is 6. The average molecular weight is 443 g/mol. The fraction of sp³-hybridized carbons (Fsp3) is 0.522. The number of thiophene rings is 1. The van der Waals surface area contributed by atoms with Crippen LogP contribution in [0.25, 0.3) is 0 Å². The van der Waals surface area contributed by atoms with Crippen molar-refractivity contribution in [3.05, 3.63) is 45.3 Å². The van der Waals surface area contributed by atoms with Gasteiger partial charge in [0.15, 0.2) is 0 Å². The number of nitrogens with one attached hydrogen (secondary N) is 2. The Balaban J connectivity index is 1.33. The Morgan fingerprint density at radius 3 is 2.58 bits per heavy atom. The lowest BCUT2D eigenvalue weighted by atomic mass is 9.72. The lowest BCUT2D eigenvalue weighted by Crippen LogP contribution is -2.41. The Labute approximate surface area is 187 Å². The van der Waals surface area contributed by atoms with E-state index in [9.17, 15) is 9.59 Å². The van der Waals surface area contributed by atoms with Gasteiger partial charge in [-0.25, -0.2) is 4.98 Å². The number of rotatable bonds is 3. The van der Waals surface area contributed by atoms with E-state index in [1.807, 2.05) is 12.1 Å². The summed E-state index contributed by atoms with van der Waals surface area (Å²) in [5.41, 5.74) is 6.99. The summed E-state index contributed by atoms with van der Waals surface area (Å²) in [4.78, 5) is 33.4. The molecule has 2 aliphatic rings. The predicted octanol–water partition coefficient (Wildman–Crippen LogP) is 3.21. The number of anilines is 1. The molecule has 31 heavy (non-hydrogen) atoms. The third-order valence-electron chi connectivity index (χ3n) is 6.17. The van der Waals surface area contributed by atoms with Crippen LogP contribution in [0.5, 0.6) is 0 Å². The van der Waals surface area contributed by atoms with Crippen LogP contribution in [0.4, 0.5) is 5.82 Å². The van der Waals surface area contributed by atoms with Gasteiger partial charge in [0.2, 0.25) is 0 Å². The molecule has 0 aromatic carbocycles. The predicted molar refractivity (Wildman–Crippen MR) is 121 cm³/mol. The molecule has 0 spiro atoms. The molecule has 2 aromatic rings. The number of carbonyl (C=O) groups is 2. The Morgan fingerprint density at radius 1 is 1.16 bits per heavy atom. The maximum atomic E-state index is 12.6. The minimum Gasteiger partial charge on any atom is -0.378 e. The second kappa shape index (κ2) is 8.96. The van der Waals surface area contributed by atoms with Crippen molar-refractivity contribution >= 4 is 29.0 Å². The number of ether oxygens (including phenoxy) is 1. The molecule has 1 aliphatic heterocycles. The summed E-state index contributed by atoms with van der Waals surface area (Å²) in [6.07, 6.45) is 4.71. The molecule has 7 nitrogen and oxygen atoms in total. The van der Waals surface area contributed by atoms with E-state index in [1.54, 1.807) is 6.07 Å². The lowest BCUT2D eigenvalue weighted by Gasteiger charge is -2.33. The number of aromatic nitrogens is 1. The molecule has 2 amide bonds. The van der Waals surface area contributed by atoms with Crippen molar-refractivity contribution in [2.75, 3.05) is 31.2 Å². The highest BCUT2D eigenvalue weighted by molar-refractivity contribution is 7.14. The first kappa shape index (κ1) is 21.8. The van der Waals surface area contributed by atoms with Gasteiger partial charge in [0, 0.05) is 24.2 Å². The standard InChI is InChI=1S/C23H30N4O3S/c1-23(2,3)17-5-6-18-16(12-17)13-19(31-18)22(29)26-25-21(28)15-4-7-20(24-14-15)27-8-10-30-11-9-27/h4,7,13-14,17H,5-6,8-12H2,1-3H3,(H,25,28)(H,26,29). The van der Waals surface area contributed by atoms with Gasteiger partial charge < -0.3 is 9.64 Å². The summed E-state index contributed by atoms with van der Waals surface area (Å²) in [6, 6.07) is 5.52. The third kappa shape index (κ3) is 5.07. The van der Waals surface area contributed by atoms with E-state index in [4.69, 9.17) is 4.74 Å². The molecule has 1 fully saturated rings. The zero-order valence-electron chi connectivity index (χ0n) is 18.4. The molecule has 3 heterocycles. The van der Waals surface area contributed by atoms with Crippen molar-refractivity contribution in [3.63, 3.8) is 0 Å². The molecule has 1 unspecified atom stereocenters. The van der Waals surface area contributed by atoms with Gasteiger partial charge in [-0.15, -0.1) is 11.3 Å². The first-order valence-electron chi connectivity index (χ1n) is 10.8. The summed E-state index contributed by atoms with van der Waals surface area (Å²) >= 11 is 1.53. The second-order valence-corrected chi connectivity index (χ2v) is 10.4. The van der Waals surface area contributed by atoms with Crippen LogP contribution in [-0.2, 0) is 17.6 Å². The van der Waals surface area contributed by atoms with Gasteiger partial charge in [-0.1, -0.05) is 20.8 Å². The van der Waals surface area contributed by atoms with Gasteiger partial charge in [0.05, 0.1) is 23.7 Å². The van der Waals surface area contributed by atoms with Gasteiger partial charge in [-0.2, -0.15) is 0 Å². The summed E-state index contributed by atoms with van der Waals surface area (Å²) in [5.74, 6) is 0.779. The Kier molecular flexibility index (Phi) is 6.29. The van der Waals surface area contributed by atoms with E-state index in [1.165, 1.54) is 28.0 Å². The van der Waals surface area contributed by atoms with E-state index in [2.05, 4.69) is 41.5 Å². The molecular formula is C23H30N4O3S. The van der Waals surface area contributed by atoms with Crippen LogP contribution in [0.15, 0.2) is 24.4 Å². The lowest BCUT2D eigenvalue weighted by molar-refractivity contribution is 0.0848. The van der Waals surface area contributed by atoms with Crippen LogP contribution in [-0.4, -0.2) is 43.1 Å².